The Morgan fingerprint density at radius 1 is 1.07 bits per heavy atom. The zero-order valence-electron chi connectivity index (χ0n) is 17.4. The van der Waals surface area contributed by atoms with Crippen molar-refractivity contribution in [2.24, 2.45) is 0 Å². The van der Waals surface area contributed by atoms with E-state index >= 15 is 0 Å². The summed E-state index contributed by atoms with van der Waals surface area (Å²) in [6.45, 7) is 8.57. The number of amides is 2. The minimum atomic E-state index is -0.308. The summed E-state index contributed by atoms with van der Waals surface area (Å²) in [5.74, 6) is -0.576. The van der Waals surface area contributed by atoms with Crippen molar-refractivity contribution < 1.29 is 28.7 Å². The predicted molar refractivity (Wildman–Crippen MR) is 108 cm³/mol. The first-order valence-corrected chi connectivity index (χ1v) is 10.9. The molecule has 0 N–H and O–H groups in total. The monoisotopic (exact) mass is 415 g/mol. The van der Waals surface area contributed by atoms with Crippen molar-refractivity contribution >= 4 is 35.3 Å². The van der Waals surface area contributed by atoms with E-state index in [2.05, 4.69) is 0 Å². The molecule has 0 aromatic heterocycles. The number of imide groups is 1. The molecular weight excluding hydrogens is 382 g/mol. The number of carbonyl (C=O) groups is 4. The highest BCUT2D eigenvalue weighted by atomic mass is 32.2. The molecule has 0 saturated carbocycles. The Bertz CT molecular complexity index is 549. The lowest BCUT2D eigenvalue weighted by Crippen LogP contribution is -2.33. The Balaban J connectivity index is 2.10. The molecule has 0 radical (unpaired) electrons. The second-order valence-corrected chi connectivity index (χ2v) is 9.19. The molecule has 1 saturated heterocycles. The van der Waals surface area contributed by atoms with E-state index in [1.54, 1.807) is 13.8 Å². The minimum Gasteiger partial charge on any atom is -0.463 e. The van der Waals surface area contributed by atoms with Gasteiger partial charge in [0, 0.05) is 32.4 Å². The van der Waals surface area contributed by atoms with Gasteiger partial charge in [0.05, 0.1) is 24.4 Å². The third-order valence-electron chi connectivity index (χ3n) is 4.07. The Morgan fingerprint density at radius 3 is 2.43 bits per heavy atom. The van der Waals surface area contributed by atoms with E-state index in [9.17, 15) is 19.2 Å². The highest BCUT2D eigenvalue weighted by Gasteiger charge is 2.38. The fraction of sp³-hybridized carbons (Fsp3) is 0.800. The summed E-state index contributed by atoms with van der Waals surface area (Å²) in [5, 5.41) is -0.0241. The van der Waals surface area contributed by atoms with Gasteiger partial charge in [-0.2, -0.15) is 0 Å². The van der Waals surface area contributed by atoms with E-state index in [4.69, 9.17) is 9.47 Å². The van der Waals surface area contributed by atoms with Crippen LogP contribution < -0.4 is 0 Å². The van der Waals surface area contributed by atoms with E-state index in [0.29, 0.717) is 26.1 Å². The minimum absolute atomic E-state index is 0.0427. The number of thioether (sulfide) groups is 1. The zero-order chi connectivity index (χ0) is 21.1. The quantitative estimate of drug-likeness (QED) is 0.245. The molecule has 1 aliphatic heterocycles. The van der Waals surface area contributed by atoms with Gasteiger partial charge in [0.2, 0.25) is 11.8 Å². The van der Waals surface area contributed by atoms with Crippen molar-refractivity contribution in [1.82, 2.24) is 4.90 Å². The molecule has 1 rings (SSSR count). The van der Waals surface area contributed by atoms with Crippen molar-refractivity contribution in [3.63, 3.8) is 0 Å². The average Bonchev–Trinajstić information content (AvgIpc) is 2.84. The highest BCUT2D eigenvalue weighted by Crippen LogP contribution is 2.28. The second kappa shape index (κ2) is 12.9. The first-order valence-electron chi connectivity index (χ1n) is 9.99. The van der Waals surface area contributed by atoms with Crippen molar-refractivity contribution in [1.29, 1.82) is 0 Å². The number of likely N-dealkylation sites (tertiary alicyclic amines) is 1. The van der Waals surface area contributed by atoms with Crippen molar-refractivity contribution in [3.8, 4) is 0 Å². The Kier molecular flexibility index (Phi) is 11.4. The van der Waals surface area contributed by atoms with Gasteiger partial charge in [-0.15, -0.1) is 11.8 Å². The summed E-state index contributed by atoms with van der Waals surface area (Å²) in [7, 11) is 0. The summed E-state index contributed by atoms with van der Waals surface area (Å²) in [4.78, 5) is 48.8. The third-order valence-corrected chi connectivity index (χ3v) is 5.31. The van der Waals surface area contributed by atoms with Gasteiger partial charge in [-0.3, -0.25) is 24.1 Å². The van der Waals surface area contributed by atoms with Crippen molar-refractivity contribution in [2.45, 2.75) is 82.8 Å². The molecule has 1 atom stereocenters. The van der Waals surface area contributed by atoms with Crippen LogP contribution in [-0.4, -0.2) is 64.8 Å². The van der Waals surface area contributed by atoms with Crippen molar-refractivity contribution in [2.75, 3.05) is 19.8 Å². The number of rotatable bonds is 14. The molecule has 1 fully saturated rings. The van der Waals surface area contributed by atoms with Crippen LogP contribution in [0, 0.1) is 0 Å². The number of ketones is 1. The van der Waals surface area contributed by atoms with Gasteiger partial charge >= 0.3 is 5.97 Å². The lowest BCUT2D eigenvalue weighted by atomic mass is 10.1. The van der Waals surface area contributed by atoms with Crippen LogP contribution in [0.1, 0.15) is 66.2 Å². The molecule has 0 aromatic rings. The first kappa shape index (κ1) is 24.6. The van der Waals surface area contributed by atoms with Gasteiger partial charge in [-0.25, -0.2) is 0 Å². The summed E-state index contributed by atoms with van der Waals surface area (Å²) in [6.07, 6.45) is 2.35. The molecule has 0 aromatic carbocycles. The van der Waals surface area contributed by atoms with Gasteiger partial charge < -0.3 is 9.47 Å². The van der Waals surface area contributed by atoms with Crippen LogP contribution >= 0.6 is 11.8 Å². The van der Waals surface area contributed by atoms with Gasteiger partial charge in [-0.05, 0) is 31.9 Å². The standard InChI is InChI=1S/C20H33NO6S/c1-14(2)27-19(24)9-12-26-11-6-5-7-16(22)8-10-21-18(23)13-17(20(21)25)28-15(3)4/h14-15,17H,5-13H2,1-4H3. The molecule has 0 spiro atoms. The van der Waals surface area contributed by atoms with Crippen LogP contribution in [0.4, 0.5) is 0 Å². The molecule has 0 bridgehead atoms. The number of carbonyl (C=O) groups excluding carboxylic acids is 4. The van der Waals surface area contributed by atoms with E-state index in [1.165, 1.54) is 16.7 Å². The van der Waals surface area contributed by atoms with E-state index in [1.807, 2.05) is 13.8 Å². The summed E-state index contributed by atoms with van der Waals surface area (Å²) >= 11 is 1.50. The highest BCUT2D eigenvalue weighted by molar-refractivity contribution is 8.01. The van der Waals surface area contributed by atoms with Gasteiger partial charge in [0.25, 0.3) is 0 Å². The molecule has 1 unspecified atom stereocenters. The SMILES string of the molecule is CC(C)OC(=O)CCOCCCCC(=O)CCN1C(=O)CC(SC(C)C)C1=O. The number of ether oxygens (including phenoxy) is 2. The molecular formula is C20H33NO6S. The largest absolute Gasteiger partial charge is 0.463 e. The number of hydrogen-bond acceptors (Lipinski definition) is 7. The molecule has 7 nitrogen and oxygen atoms in total. The molecule has 160 valence electrons. The van der Waals surface area contributed by atoms with Crippen LogP contribution in [0.2, 0.25) is 0 Å². The van der Waals surface area contributed by atoms with Crippen molar-refractivity contribution in [3.05, 3.63) is 0 Å². The lowest BCUT2D eigenvalue weighted by molar-refractivity contribution is -0.148. The van der Waals surface area contributed by atoms with Crippen LogP contribution in [-0.2, 0) is 28.7 Å². The molecule has 8 heteroatoms. The fourth-order valence-electron chi connectivity index (χ4n) is 2.79. The van der Waals surface area contributed by atoms with Gasteiger partial charge in [-0.1, -0.05) is 13.8 Å². The van der Waals surface area contributed by atoms with Crippen LogP contribution in [0.15, 0.2) is 0 Å². The fourth-order valence-corrected chi connectivity index (χ4v) is 3.93. The number of hydrogen-bond donors (Lipinski definition) is 0. The first-order chi connectivity index (χ1) is 13.2. The van der Waals surface area contributed by atoms with Gasteiger partial charge in [0.1, 0.15) is 5.78 Å². The maximum atomic E-state index is 12.3. The van der Waals surface area contributed by atoms with Gasteiger partial charge in [0.15, 0.2) is 0 Å². The lowest BCUT2D eigenvalue weighted by Gasteiger charge is -2.15. The Hall–Kier alpha value is -1.41. The molecule has 2 amide bonds. The normalized spacial score (nSPS) is 17.1. The third kappa shape index (κ3) is 9.68. The number of nitrogens with zero attached hydrogens (tertiary/aromatic N) is 1. The molecule has 1 heterocycles. The topological polar surface area (TPSA) is 90.0 Å². The molecule has 0 aliphatic carbocycles. The molecule has 1 aliphatic rings. The van der Waals surface area contributed by atoms with E-state index < -0.39 is 0 Å². The number of unbranched alkanes of at least 4 members (excludes halogenated alkanes) is 1. The Labute approximate surface area is 171 Å². The summed E-state index contributed by atoms with van der Waals surface area (Å²) < 4.78 is 10.4. The predicted octanol–water partition coefficient (Wildman–Crippen LogP) is 2.74. The van der Waals surface area contributed by atoms with E-state index in [-0.39, 0.29) is 66.0 Å². The average molecular weight is 416 g/mol. The Morgan fingerprint density at radius 2 is 1.79 bits per heavy atom. The zero-order valence-corrected chi connectivity index (χ0v) is 18.2. The van der Waals surface area contributed by atoms with Crippen LogP contribution in [0.25, 0.3) is 0 Å². The molecule has 28 heavy (non-hydrogen) atoms. The van der Waals surface area contributed by atoms with Crippen LogP contribution in [0.5, 0.6) is 0 Å². The summed E-state index contributed by atoms with van der Waals surface area (Å²) in [5.41, 5.74) is 0. The maximum Gasteiger partial charge on any atom is 0.308 e. The van der Waals surface area contributed by atoms with Crippen LogP contribution in [0.3, 0.4) is 0 Å². The summed E-state index contributed by atoms with van der Waals surface area (Å²) in [6, 6.07) is 0. The number of Topliss-reactive ketones (excluding diaryl/α,β-unsaturated/α-hetero) is 1. The smallest absolute Gasteiger partial charge is 0.308 e. The maximum absolute atomic E-state index is 12.3. The second-order valence-electron chi connectivity index (χ2n) is 7.41. The number of esters is 1. The van der Waals surface area contributed by atoms with E-state index in [0.717, 1.165) is 6.42 Å².